The largest absolute Gasteiger partial charge is 0.356 e. The zero-order chi connectivity index (χ0) is 17.9. The minimum Gasteiger partial charge on any atom is -0.356 e. The molecule has 0 fully saturated rings. The van der Waals surface area contributed by atoms with E-state index in [4.69, 9.17) is 0 Å². The van der Waals surface area contributed by atoms with E-state index in [1.165, 1.54) is 16.9 Å². The highest BCUT2D eigenvalue weighted by Gasteiger charge is 2.07. The number of guanidine groups is 1. The van der Waals surface area contributed by atoms with Gasteiger partial charge in [0, 0.05) is 26.7 Å². The van der Waals surface area contributed by atoms with Gasteiger partial charge >= 0.3 is 0 Å². The van der Waals surface area contributed by atoms with E-state index in [-0.39, 0.29) is 5.91 Å². The molecule has 0 radical (unpaired) electrons. The second kappa shape index (κ2) is 10.5. The zero-order valence-corrected chi connectivity index (χ0v) is 15.6. The van der Waals surface area contributed by atoms with Crippen LogP contribution in [0.5, 0.6) is 0 Å². The Balaban J connectivity index is 1.61. The summed E-state index contributed by atoms with van der Waals surface area (Å²) >= 11 is 1.45. The minimum atomic E-state index is -0.00538. The SMILES string of the molecule is CN=C(NCCCNC(=O)c1cccs1)NCC(C)c1ccccc1. The number of rotatable bonds is 8. The van der Waals surface area contributed by atoms with Crippen LogP contribution in [0, 0.1) is 0 Å². The maximum absolute atomic E-state index is 11.8. The molecular formula is C19H26N4OS. The highest BCUT2D eigenvalue weighted by molar-refractivity contribution is 7.12. The van der Waals surface area contributed by atoms with Crippen molar-refractivity contribution < 1.29 is 4.79 Å². The van der Waals surface area contributed by atoms with E-state index in [1.807, 2.05) is 23.6 Å². The summed E-state index contributed by atoms with van der Waals surface area (Å²) in [5, 5.41) is 11.4. The molecule has 0 saturated carbocycles. The lowest BCUT2D eigenvalue weighted by Crippen LogP contribution is -2.40. The summed E-state index contributed by atoms with van der Waals surface area (Å²) in [6.45, 7) is 4.40. The van der Waals surface area contributed by atoms with Crippen molar-refractivity contribution in [2.45, 2.75) is 19.3 Å². The Hall–Kier alpha value is -2.34. The van der Waals surface area contributed by atoms with Crippen LogP contribution < -0.4 is 16.0 Å². The predicted octanol–water partition coefficient (Wildman–Crippen LogP) is 2.84. The first-order chi connectivity index (χ1) is 12.2. The molecule has 6 heteroatoms. The van der Waals surface area contributed by atoms with Gasteiger partial charge in [0.2, 0.25) is 0 Å². The Morgan fingerprint density at radius 2 is 1.84 bits per heavy atom. The lowest BCUT2D eigenvalue weighted by atomic mass is 10.0. The first kappa shape index (κ1) is 19.0. The number of nitrogens with zero attached hydrogens (tertiary/aromatic N) is 1. The molecule has 1 heterocycles. The molecule has 3 N–H and O–H groups in total. The molecule has 5 nitrogen and oxygen atoms in total. The van der Waals surface area contributed by atoms with Gasteiger partial charge in [0.25, 0.3) is 5.91 Å². The van der Waals surface area contributed by atoms with Crippen LogP contribution in [0.1, 0.15) is 34.5 Å². The number of amides is 1. The highest BCUT2D eigenvalue weighted by Crippen LogP contribution is 2.12. The van der Waals surface area contributed by atoms with Gasteiger partial charge in [-0.1, -0.05) is 43.3 Å². The Morgan fingerprint density at radius 3 is 2.52 bits per heavy atom. The summed E-state index contributed by atoms with van der Waals surface area (Å²) in [6, 6.07) is 14.1. The van der Waals surface area contributed by atoms with Gasteiger partial charge in [-0.2, -0.15) is 0 Å². The molecule has 1 atom stereocenters. The van der Waals surface area contributed by atoms with E-state index in [1.54, 1.807) is 7.05 Å². The molecular weight excluding hydrogens is 332 g/mol. The van der Waals surface area contributed by atoms with Crippen molar-refractivity contribution in [3.8, 4) is 0 Å². The summed E-state index contributed by atoms with van der Waals surface area (Å²) in [5.74, 6) is 1.19. The molecule has 25 heavy (non-hydrogen) atoms. The van der Waals surface area contributed by atoms with Crippen LogP contribution in [0.4, 0.5) is 0 Å². The van der Waals surface area contributed by atoms with Crippen LogP contribution >= 0.6 is 11.3 Å². The van der Waals surface area contributed by atoms with Crippen molar-refractivity contribution in [1.82, 2.24) is 16.0 Å². The molecule has 1 aromatic carbocycles. The van der Waals surface area contributed by atoms with Crippen molar-refractivity contribution in [2.75, 3.05) is 26.7 Å². The van der Waals surface area contributed by atoms with E-state index in [0.717, 1.165) is 30.3 Å². The average molecular weight is 359 g/mol. The van der Waals surface area contributed by atoms with Gasteiger partial charge < -0.3 is 16.0 Å². The quantitative estimate of drug-likeness (QED) is 0.386. The Morgan fingerprint density at radius 1 is 1.08 bits per heavy atom. The Kier molecular flexibility index (Phi) is 7.98. The van der Waals surface area contributed by atoms with Gasteiger partial charge in [-0.05, 0) is 29.3 Å². The number of nitrogens with one attached hydrogen (secondary N) is 3. The molecule has 1 unspecified atom stereocenters. The molecule has 1 amide bonds. The second-order valence-corrected chi connectivity index (χ2v) is 6.73. The second-order valence-electron chi connectivity index (χ2n) is 5.78. The fourth-order valence-electron chi connectivity index (χ4n) is 2.36. The molecule has 0 aliphatic heterocycles. The number of benzene rings is 1. The summed E-state index contributed by atoms with van der Waals surface area (Å²) < 4.78 is 0. The van der Waals surface area contributed by atoms with Crippen LogP contribution in [-0.4, -0.2) is 38.5 Å². The van der Waals surface area contributed by atoms with Crippen molar-refractivity contribution >= 4 is 23.2 Å². The summed E-state index contributed by atoms with van der Waals surface area (Å²) in [7, 11) is 1.76. The molecule has 0 saturated heterocycles. The van der Waals surface area contributed by atoms with E-state index in [9.17, 15) is 4.79 Å². The monoisotopic (exact) mass is 358 g/mol. The van der Waals surface area contributed by atoms with Crippen LogP contribution in [0.25, 0.3) is 0 Å². The van der Waals surface area contributed by atoms with Gasteiger partial charge in [-0.3, -0.25) is 9.79 Å². The van der Waals surface area contributed by atoms with E-state index < -0.39 is 0 Å². The molecule has 0 bridgehead atoms. The van der Waals surface area contributed by atoms with Crippen molar-refractivity contribution in [3.63, 3.8) is 0 Å². The standard InChI is InChI=1S/C19H26N4OS/c1-15(16-8-4-3-5-9-16)14-23-19(20-2)22-12-7-11-21-18(24)17-10-6-13-25-17/h3-6,8-10,13,15H,7,11-12,14H2,1-2H3,(H,21,24)(H2,20,22,23). The van der Waals surface area contributed by atoms with Gasteiger partial charge in [0.15, 0.2) is 5.96 Å². The van der Waals surface area contributed by atoms with Gasteiger partial charge in [-0.15, -0.1) is 11.3 Å². The van der Waals surface area contributed by atoms with Gasteiger partial charge in [0.1, 0.15) is 0 Å². The van der Waals surface area contributed by atoms with E-state index in [2.05, 4.69) is 52.1 Å². The number of aliphatic imine (C=N–C) groups is 1. The van der Waals surface area contributed by atoms with Crippen LogP contribution in [0.3, 0.4) is 0 Å². The molecule has 134 valence electrons. The normalized spacial score (nSPS) is 12.5. The summed E-state index contributed by atoms with van der Waals surface area (Å²) in [5.41, 5.74) is 1.31. The summed E-state index contributed by atoms with van der Waals surface area (Å²) in [6.07, 6.45) is 0.839. The van der Waals surface area contributed by atoms with Crippen molar-refractivity contribution in [3.05, 3.63) is 58.3 Å². The van der Waals surface area contributed by atoms with Crippen molar-refractivity contribution in [1.29, 1.82) is 0 Å². The van der Waals surface area contributed by atoms with Crippen LogP contribution in [0.2, 0.25) is 0 Å². The maximum atomic E-state index is 11.8. The Bertz CT molecular complexity index is 655. The van der Waals surface area contributed by atoms with Crippen LogP contribution in [0.15, 0.2) is 52.8 Å². The lowest BCUT2D eigenvalue weighted by molar-refractivity contribution is 0.0957. The number of hydrogen-bond acceptors (Lipinski definition) is 3. The molecule has 2 aromatic rings. The van der Waals surface area contributed by atoms with E-state index >= 15 is 0 Å². The maximum Gasteiger partial charge on any atom is 0.261 e. The third-order valence-corrected chi connectivity index (χ3v) is 4.71. The number of hydrogen-bond donors (Lipinski definition) is 3. The topological polar surface area (TPSA) is 65.5 Å². The lowest BCUT2D eigenvalue weighted by Gasteiger charge is -2.16. The highest BCUT2D eigenvalue weighted by atomic mass is 32.1. The first-order valence-electron chi connectivity index (χ1n) is 8.52. The Labute approximate surface area is 153 Å². The number of thiophene rings is 1. The van der Waals surface area contributed by atoms with Gasteiger partial charge in [0.05, 0.1) is 4.88 Å². The van der Waals surface area contributed by atoms with Crippen LogP contribution in [-0.2, 0) is 0 Å². The third kappa shape index (κ3) is 6.58. The minimum absolute atomic E-state index is 0.00538. The average Bonchev–Trinajstić information content (AvgIpc) is 3.19. The molecule has 0 spiro atoms. The summed E-state index contributed by atoms with van der Waals surface area (Å²) in [4.78, 5) is 16.8. The third-order valence-electron chi connectivity index (χ3n) is 3.84. The molecule has 1 aromatic heterocycles. The van der Waals surface area contributed by atoms with E-state index in [0.29, 0.717) is 12.5 Å². The molecule has 2 rings (SSSR count). The number of carbonyl (C=O) groups is 1. The fourth-order valence-corrected chi connectivity index (χ4v) is 3.00. The number of carbonyl (C=O) groups excluding carboxylic acids is 1. The van der Waals surface area contributed by atoms with Crippen molar-refractivity contribution in [2.24, 2.45) is 4.99 Å². The molecule has 0 aliphatic carbocycles. The smallest absolute Gasteiger partial charge is 0.261 e. The molecule has 0 aliphatic rings. The van der Waals surface area contributed by atoms with Gasteiger partial charge in [-0.25, -0.2) is 0 Å². The zero-order valence-electron chi connectivity index (χ0n) is 14.8. The fraction of sp³-hybridized carbons (Fsp3) is 0.368. The first-order valence-corrected chi connectivity index (χ1v) is 9.40. The predicted molar refractivity (Wildman–Crippen MR) is 105 cm³/mol.